The van der Waals surface area contributed by atoms with E-state index in [9.17, 15) is 18.4 Å². The van der Waals surface area contributed by atoms with Crippen molar-refractivity contribution in [3.8, 4) is 0 Å². The van der Waals surface area contributed by atoms with E-state index in [1.54, 1.807) is 0 Å². The predicted octanol–water partition coefficient (Wildman–Crippen LogP) is 2.48. The first-order chi connectivity index (χ1) is 12.3. The van der Waals surface area contributed by atoms with Gasteiger partial charge in [-0.2, -0.15) is 0 Å². The van der Waals surface area contributed by atoms with Crippen molar-refractivity contribution in [2.45, 2.75) is 38.1 Å². The fraction of sp³-hybridized carbons (Fsp3) is 0.579. The van der Waals surface area contributed by atoms with Crippen LogP contribution < -0.4 is 11.1 Å². The molecule has 2 aliphatic rings. The van der Waals surface area contributed by atoms with Gasteiger partial charge in [0.05, 0.1) is 11.1 Å². The Labute approximate surface area is 164 Å². The molecule has 1 atom stereocenters. The maximum atomic E-state index is 13.8. The zero-order valence-electron chi connectivity index (χ0n) is 15.3. The summed E-state index contributed by atoms with van der Waals surface area (Å²) in [6.07, 6.45) is 3.21. The van der Waals surface area contributed by atoms with E-state index < -0.39 is 17.5 Å². The molecule has 3 rings (SSSR count). The average Bonchev–Trinajstić information content (AvgIpc) is 3.47. The summed E-state index contributed by atoms with van der Waals surface area (Å²) in [5.74, 6) is -1.80. The van der Waals surface area contributed by atoms with Gasteiger partial charge in [-0.25, -0.2) is 8.78 Å². The monoisotopic (exact) mass is 401 g/mol. The summed E-state index contributed by atoms with van der Waals surface area (Å²) in [5.41, 5.74) is 5.35. The first-order valence-electron chi connectivity index (χ1n) is 9.10. The number of amides is 2. The molecule has 27 heavy (non-hydrogen) atoms. The van der Waals surface area contributed by atoms with Gasteiger partial charge in [0.1, 0.15) is 11.6 Å². The Morgan fingerprint density at radius 3 is 2.37 bits per heavy atom. The minimum absolute atomic E-state index is 0. The number of carbonyl (C=O) groups is 2. The predicted molar refractivity (Wildman–Crippen MR) is 101 cm³/mol. The lowest BCUT2D eigenvalue weighted by Crippen LogP contribution is -2.55. The topological polar surface area (TPSA) is 75.4 Å². The molecule has 0 spiro atoms. The van der Waals surface area contributed by atoms with Crippen LogP contribution in [0.4, 0.5) is 8.78 Å². The lowest BCUT2D eigenvalue weighted by atomic mass is 9.91. The molecule has 1 saturated heterocycles. The molecule has 5 nitrogen and oxygen atoms in total. The number of likely N-dealkylation sites (tertiary alicyclic amines) is 1. The first kappa shape index (κ1) is 21.6. The normalized spacial score (nSPS) is 19.8. The maximum absolute atomic E-state index is 13.8. The Hall–Kier alpha value is -1.73. The van der Waals surface area contributed by atoms with Gasteiger partial charge in [0.2, 0.25) is 5.91 Å². The number of benzene rings is 1. The number of hydrogen-bond acceptors (Lipinski definition) is 3. The fourth-order valence-electron chi connectivity index (χ4n) is 3.60. The largest absolute Gasteiger partial charge is 0.349 e. The zero-order chi connectivity index (χ0) is 18.9. The highest BCUT2D eigenvalue weighted by Crippen LogP contribution is 2.39. The van der Waals surface area contributed by atoms with Crippen molar-refractivity contribution in [3.63, 3.8) is 0 Å². The van der Waals surface area contributed by atoms with Crippen LogP contribution in [0.3, 0.4) is 0 Å². The van der Waals surface area contributed by atoms with Gasteiger partial charge in [0, 0.05) is 31.6 Å². The highest BCUT2D eigenvalue weighted by Gasteiger charge is 2.42. The van der Waals surface area contributed by atoms with Crippen molar-refractivity contribution in [2.24, 2.45) is 17.6 Å². The molecule has 0 radical (unpaired) electrons. The van der Waals surface area contributed by atoms with Crippen molar-refractivity contribution < 1.29 is 18.4 Å². The van der Waals surface area contributed by atoms with E-state index in [0.29, 0.717) is 44.5 Å². The number of rotatable bonds is 5. The lowest BCUT2D eigenvalue weighted by Gasteiger charge is -2.35. The van der Waals surface area contributed by atoms with Gasteiger partial charge in [-0.3, -0.25) is 9.59 Å². The second kappa shape index (κ2) is 8.52. The number of piperidine rings is 1. The minimum Gasteiger partial charge on any atom is -0.349 e. The first-order valence-corrected chi connectivity index (χ1v) is 9.10. The third kappa shape index (κ3) is 4.76. The molecular weight excluding hydrogens is 376 g/mol. The quantitative estimate of drug-likeness (QED) is 0.795. The van der Waals surface area contributed by atoms with E-state index in [1.165, 1.54) is 4.90 Å². The third-order valence-electron chi connectivity index (χ3n) is 5.63. The molecule has 1 aliphatic heterocycles. The Balaban J connectivity index is 0.00000261. The lowest BCUT2D eigenvalue weighted by molar-refractivity contribution is -0.128. The zero-order valence-corrected chi connectivity index (χ0v) is 16.2. The molecule has 3 N–H and O–H groups in total. The van der Waals surface area contributed by atoms with Gasteiger partial charge in [-0.15, -0.1) is 12.4 Å². The van der Waals surface area contributed by atoms with Gasteiger partial charge in [-0.1, -0.05) is 0 Å². The SMILES string of the molecule is CC(CN)(NC(=O)C1CCN(C(=O)c2ccc(F)cc2F)CC1)C1CC1.Cl. The second-order valence-electron chi connectivity index (χ2n) is 7.58. The van der Waals surface area contributed by atoms with Crippen LogP contribution >= 0.6 is 12.4 Å². The van der Waals surface area contributed by atoms with E-state index >= 15 is 0 Å². The summed E-state index contributed by atoms with van der Waals surface area (Å²) >= 11 is 0. The number of halogens is 3. The molecule has 1 aromatic rings. The van der Waals surface area contributed by atoms with E-state index in [4.69, 9.17) is 5.73 Å². The van der Waals surface area contributed by atoms with Gasteiger partial charge < -0.3 is 16.0 Å². The Bertz CT molecular complexity index is 706. The van der Waals surface area contributed by atoms with Crippen LogP contribution in [-0.4, -0.2) is 41.9 Å². The van der Waals surface area contributed by atoms with Crippen molar-refractivity contribution in [1.29, 1.82) is 0 Å². The van der Waals surface area contributed by atoms with Crippen LogP contribution in [0.2, 0.25) is 0 Å². The molecule has 1 unspecified atom stereocenters. The molecule has 8 heteroatoms. The second-order valence-corrected chi connectivity index (χ2v) is 7.58. The fourth-order valence-corrected chi connectivity index (χ4v) is 3.60. The maximum Gasteiger partial charge on any atom is 0.256 e. The Kier molecular flexibility index (Phi) is 6.81. The van der Waals surface area contributed by atoms with Crippen LogP contribution in [0.25, 0.3) is 0 Å². The van der Waals surface area contributed by atoms with Gasteiger partial charge >= 0.3 is 0 Å². The Morgan fingerprint density at radius 1 is 1.22 bits per heavy atom. The summed E-state index contributed by atoms with van der Waals surface area (Å²) in [6.45, 7) is 3.14. The number of nitrogens with one attached hydrogen (secondary N) is 1. The average molecular weight is 402 g/mol. The molecule has 2 fully saturated rings. The van der Waals surface area contributed by atoms with Crippen LogP contribution in [0.1, 0.15) is 43.0 Å². The van der Waals surface area contributed by atoms with Crippen molar-refractivity contribution in [2.75, 3.05) is 19.6 Å². The highest BCUT2D eigenvalue weighted by molar-refractivity contribution is 5.94. The van der Waals surface area contributed by atoms with Gasteiger partial charge in [0.25, 0.3) is 5.91 Å². The van der Waals surface area contributed by atoms with Crippen molar-refractivity contribution >= 4 is 24.2 Å². The summed E-state index contributed by atoms with van der Waals surface area (Å²) < 4.78 is 26.8. The number of nitrogens with zero attached hydrogens (tertiary/aromatic N) is 1. The van der Waals surface area contributed by atoms with Crippen LogP contribution in [0, 0.1) is 23.5 Å². The molecule has 0 aromatic heterocycles. The van der Waals surface area contributed by atoms with Crippen molar-refractivity contribution in [1.82, 2.24) is 10.2 Å². The van der Waals surface area contributed by atoms with E-state index in [2.05, 4.69) is 5.32 Å². The minimum atomic E-state index is -0.863. The molecule has 1 saturated carbocycles. The number of carbonyl (C=O) groups excluding carboxylic acids is 2. The van der Waals surface area contributed by atoms with E-state index in [0.717, 1.165) is 25.0 Å². The number of nitrogens with two attached hydrogens (primary N) is 1. The molecular formula is C19H26ClF2N3O2. The third-order valence-corrected chi connectivity index (χ3v) is 5.63. The van der Waals surface area contributed by atoms with Crippen LogP contribution in [-0.2, 0) is 4.79 Å². The summed E-state index contributed by atoms with van der Waals surface area (Å²) in [6, 6.07) is 2.94. The van der Waals surface area contributed by atoms with Crippen molar-refractivity contribution in [3.05, 3.63) is 35.4 Å². The molecule has 1 aliphatic carbocycles. The highest BCUT2D eigenvalue weighted by atomic mass is 35.5. The number of hydrogen-bond donors (Lipinski definition) is 2. The summed E-state index contributed by atoms with van der Waals surface area (Å²) in [5, 5.41) is 3.10. The standard InChI is InChI=1S/C19H25F2N3O2.ClH/c1-19(11-22,13-2-3-13)23-17(25)12-6-8-24(9-7-12)18(26)15-5-4-14(20)10-16(15)21;/h4-5,10,12-13H,2-3,6-9,11,22H2,1H3,(H,23,25);1H. The van der Waals surface area contributed by atoms with Crippen LogP contribution in [0.15, 0.2) is 18.2 Å². The molecule has 150 valence electrons. The van der Waals surface area contributed by atoms with Gasteiger partial charge in [0.15, 0.2) is 0 Å². The molecule has 2 amide bonds. The summed E-state index contributed by atoms with van der Waals surface area (Å²) in [4.78, 5) is 26.5. The molecule has 1 heterocycles. The molecule has 1 aromatic carbocycles. The smallest absolute Gasteiger partial charge is 0.256 e. The van der Waals surface area contributed by atoms with E-state index in [-0.39, 0.29) is 35.3 Å². The van der Waals surface area contributed by atoms with Gasteiger partial charge in [-0.05, 0) is 50.7 Å². The van der Waals surface area contributed by atoms with E-state index in [1.807, 2.05) is 6.92 Å². The molecule has 0 bridgehead atoms. The Morgan fingerprint density at radius 2 is 1.85 bits per heavy atom. The summed E-state index contributed by atoms with van der Waals surface area (Å²) in [7, 11) is 0. The van der Waals surface area contributed by atoms with Crippen LogP contribution in [0.5, 0.6) is 0 Å².